The van der Waals surface area contributed by atoms with Crippen molar-refractivity contribution in [3.63, 3.8) is 0 Å². The molecule has 0 radical (unpaired) electrons. The van der Waals surface area contributed by atoms with Crippen molar-refractivity contribution >= 4 is 17.9 Å². The summed E-state index contributed by atoms with van der Waals surface area (Å²) in [6.07, 6.45) is 1.51. The molecule has 0 saturated heterocycles. The summed E-state index contributed by atoms with van der Waals surface area (Å²) in [6.45, 7) is 0.119. The van der Waals surface area contributed by atoms with Gasteiger partial charge in [-0.3, -0.25) is 14.9 Å². The van der Waals surface area contributed by atoms with Crippen LogP contribution in [-0.2, 0) is 16.1 Å². The molecule has 0 fully saturated rings. The summed E-state index contributed by atoms with van der Waals surface area (Å²) >= 11 is 0. The SMILES string of the molecule is O=C(O)CCCC(=O)NC(=O)NCc1ccno1. The van der Waals surface area contributed by atoms with Gasteiger partial charge in [-0.15, -0.1) is 0 Å². The lowest BCUT2D eigenvalue weighted by atomic mass is 10.2. The number of aliphatic carboxylic acids is 1. The number of carbonyl (C=O) groups is 3. The quantitative estimate of drug-likeness (QED) is 0.670. The van der Waals surface area contributed by atoms with Crippen LogP contribution in [0.4, 0.5) is 4.79 Å². The van der Waals surface area contributed by atoms with Crippen molar-refractivity contribution in [2.24, 2.45) is 0 Å². The molecule has 1 rings (SSSR count). The minimum atomic E-state index is -0.974. The number of aromatic nitrogens is 1. The maximum atomic E-state index is 11.2. The second-order valence-electron chi connectivity index (χ2n) is 3.46. The van der Waals surface area contributed by atoms with Crippen LogP contribution in [-0.4, -0.2) is 28.2 Å². The van der Waals surface area contributed by atoms with Crippen molar-refractivity contribution in [1.82, 2.24) is 15.8 Å². The fraction of sp³-hybridized carbons (Fsp3) is 0.400. The number of amides is 3. The Hall–Kier alpha value is -2.38. The third-order valence-electron chi connectivity index (χ3n) is 1.96. The van der Waals surface area contributed by atoms with Crippen LogP contribution in [0.2, 0.25) is 0 Å². The van der Waals surface area contributed by atoms with Crippen molar-refractivity contribution in [3.05, 3.63) is 18.0 Å². The molecule has 0 saturated carbocycles. The highest BCUT2D eigenvalue weighted by Crippen LogP contribution is 1.96. The smallest absolute Gasteiger partial charge is 0.321 e. The summed E-state index contributed by atoms with van der Waals surface area (Å²) in [7, 11) is 0. The van der Waals surface area contributed by atoms with Gasteiger partial charge in [0.1, 0.15) is 0 Å². The Kier molecular flexibility index (Phi) is 5.36. The number of carboxylic acid groups (broad SMARTS) is 1. The van der Waals surface area contributed by atoms with Gasteiger partial charge in [-0.2, -0.15) is 0 Å². The van der Waals surface area contributed by atoms with E-state index in [9.17, 15) is 14.4 Å². The average Bonchev–Trinajstić information content (AvgIpc) is 2.78. The molecular formula is C10H13N3O5. The van der Waals surface area contributed by atoms with Crippen LogP contribution in [0.5, 0.6) is 0 Å². The molecule has 0 unspecified atom stereocenters. The number of nitrogens with zero attached hydrogens (tertiary/aromatic N) is 1. The van der Waals surface area contributed by atoms with Crippen LogP contribution < -0.4 is 10.6 Å². The molecule has 0 bridgehead atoms. The molecule has 0 atom stereocenters. The fourth-order valence-corrected chi connectivity index (χ4v) is 1.13. The average molecular weight is 255 g/mol. The van der Waals surface area contributed by atoms with Gasteiger partial charge in [-0.05, 0) is 6.42 Å². The number of rotatable bonds is 6. The molecule has 0 aliphatic rings. The Morgan fingerprint density at radius 3 is 2.72 bits per heavy atom. The van der Waals surface area contributed by atoms with E-state index in [1.165, 1.54) is 6.20 Å². The Morgan fingerprint density at radius 1 is 1.33 bits per heavy atom. The summed E-state index contributed by atoms with van der Waals surface area (Å²) < 4.78 is 4.74. The van der Waals surface area contributed by atoms with Crippen LogP contribution in [0.25, 0.3) is 0 Å². The van der Waals surface area contributed by atoms with E-state index in [1.807, 2.05) is 0 Å². The first-order valence-corrected chi connectivity index (χ1v) is 5.27. The Balaban J connectivity index is 2.15. The molecule has 8 nitrogen and oxygen atoms in total. The Morgan fingerprint density at radius 2 is 2.11 bits per heavy atom. The van der Waals surface area contributed by atoms with E-state index in [4.69, 9.17) is 9.63 Å². The number of hydrogen-bond donors (Lipinski definition) is 3. The first-order valence-electron chi connectivity index (χ1n) is 5.27. The normalized spacial score (nSPS) is 9.78. The van der Waals surface area contributed by atoms with Crippen LogP contribution in [0.1, 0.15) is 25.0 Å². The summed E-state index contributed by atoms with van der Waals surface area (Å²) in [5, 5.41) is 16.3. The molecule has 0 aliphatic carbocycles. The topological polar surface area (TPSA) is 122 Å². The molecule has 1 aromatic rings. The standard InChI is InChI=1S/C10H13N3O5/c14-8(2-1-3-9(15)16)13-10(17)11-6-7-4-5-12-18-7/h4-5H,1-3,6H2,(H,15,16)(H2,11,13,14,17). The minimum absolute atomic E-state index is 0.0119. The molecule has 3 amide bonds. The fourth-order valence-electron chi connectivity index (χ4n) is 1.13. The van der Waals surface area contributed by atoms with Crippen LogP contribution in [0.3, 0.4) is 0 Å². The van der Waals surface area contributed by atoms with Gasteiger partial charge < -0.3 is 14.9 Å². The van der Waals surface area contributed by atoms with Crippen molar-refractivity contribution in [2.75, 3.05) is 0 Å². The maximum absolute atomic E-state index is 11.2. The van der Waals surface area contributed by atoms with E-state index >= 15 is 0 Å². The number of carbonyl (C=O) groups excluding carboxylic acids is 2. The molecule has 8 heteroatoms. The lowest BCUT2D eigenvalue weighted by molar-refractivity contribution is -0.137. The lowest BCUT2D eigenvalue weighted by Gasteiger charge is -2.04. The predicted octanol–water partition coefficient (Wildman–Crippen LogP) is 0.255. The summed E-state index contributed by atoms with van der Waals surface area (Å²) in [4.78, 5) is 32.6. The zero-order valence-electron chi connectivity index (χ0n) is 9.51. The van der Waals surface area contributed by atoms with Crippen LogP contribution in [0, 0.1) is 0 Å². The second-order valence-corrected chi connectivity index (χ2v) is 3.46. The Bertz CT molecular complexity index is 415. The van der Waals surface area contributed by atoms with Gasteiger partial charge in [0.05, 0.1) is 12.7 Å². The summed E-state index contributed by atoms with van der Waals surface area (Å²) in [6, 6.07) is 0.918. The molecule has 18 heavy (non-hydrogen) atoms. The van der Waals surface area contributed by atoms with E-state index in [2.05, 4.69) is 15.8 Å². The number of imide groups is 1. The molecule has 0 aliphatic heterocycles. The van der Waals surface area contributed by atoms with Gasteiger partial charge in [-0.1, -0.05) is 5.16 Å². The number of hydrogen-bond acceptors (Lipinski definition) is 5. The van der Waals surface area contributed by atoms with Crippen molar-refractivity contribution in [1.29, 1.82) is 0 Å². The van der Waals surface area contributed by atoms with Crippen molar-refractivity contribution in [2.45, 2.75) is 25.8 Å². The van der Waals surface area contributed by atoms with Crippen molar-refractivity contribution in [3.8, 4) is 0 Å². The predicted molar refractivity (Wildman–Crippen MR) is 58.4 cm³/mol. The van der Waals surface area contributed by atoms with Gasteiger partial charge in [0.15, 0.2) is 5.76 Å². The minimum Gasteiger partial charge on any atom is -0.481 e. The van der Waals surface area contributed by atoms with E-state index in [0.717, 1.165) is 0 Å². The largest absolute Gasteiger partial charge is 0.481 e. The third kappa shape index (κ3) is 5.64. The highest BCUT2D eigenvalue weighted by Gasteiger charge is 2.08. The molecule has 98 valence electrons. The van der Waals surface area contributed by atoms with E-state index < -0.39 is 17.9 Å². The zero-order chi connectivity index (χ0) is 13.4. The van der Waals surface area contributed by atoms with Crippen LogP contribution >= 0.6 is 0 Å². The van der Waals surface area contributed by atoms with Gasteiger partial charge >= 0.3 is 12.0 Å². The molecule has 3 N–H and O–H groups in total. The van der Waals surface area contributed by atoms with Crippen LogP contribution in [0.15, 0.2) is 16.8 Å². The zero-order valence-corrected chi connectivity index (χ0v) is 9.51. The third-order valence-corrected chi connectivity index (χ3v) is 1.96. The van der Waals surface area contributed by atoms with Gasteiger partial charge in [-0.25, -0.2) is 4.79 Å². The summed E-state index contributed by atoms with van der Waals surface area (Å²) in [5.74, 6) is -1.03. The Labute approximate surface area is 102 Å². The molecule has 1 heterocycles. The maximum Gasteiger partial charge on any atom is 0.321 e. The molecule has 0 spiro atoms. The first-order chi connectivity index (χ1) is 8.58. The van der Waals surface area contributed by atoms with E-state index in [1.54, 1.807) is 6.07 Å². The van der Waals surface area contributed by atoms with Gasteiger partial charge in [0.2, 0.25) is 5.91 Å². The van der Waals surface area contributed by atoms with Gasteiger partial charge in [0.25, 0.3) is 0 Å². The first kappa shape index (κ1) is 13.7. The highest BCUT2D eigenvalue weighted by atomic mass is 16.5. The second kappa shape index (κ2) is 7.05. The van der Waals surface area contributed by atoms with E-state index in [0.29, 0.717) is 5.76 Å². The molecular weight excluding hydrogens is 242 g/mol. The molecule has 1 aromatic heterocycles. The monoisotopic (exact) mass is 255 g/mol. The van der Waals surface area contributed by atoms with E-state index in [-0.39, 0.29) is 25.8 Å². The van der Waals surface area contributed by atoms with Gasteiger partial charge in [0, 0.05) is 18.9 Å². The number of urea groups is 1. The number of nitrogens with one attached hydrogen (secondary N) is 2. The highest BCUT2D eigenvalue weighted by molar-refractivity contribution is 5.94. The van der Waals surface area contributed by atoms with Crippen molar-refractivity contribution < 1.29 is 24.0 Å². The molecule has 0 aromatic carbocycles. The lowest BCUT2D eigenvalue weighted by Crippen LogP contribution is -2.38. The summed E-state index contributed by atoms with van der Waals surface area (Å²) in [5.41, 5.74) is 0. The number of carboxylic acids is 1.